The predicted octanol–water partition coefficient (Wildman–Crippen LogP) is 2.41. The number of rotatable bonds is 2. The van der Waals surface area contributed by atoms with Crippen LogP contribution in [0.2, 0.25) is 5.02 Å². The summed E-state index contributed by atoms with van der Waals surface area (Å²) in [5, 5.41) is 0.405. The highest BCUT2D eigenvalue weighted by molar-refractivity contribution is 6.32. The molecule has 1 amide bonds. The normalized spacial score (nSPS) is 22.2. The van der Waals surface area contributed by atoms with E-state index in [0.29, 0.717) is 22.1 Å². The van der Waals surface area contributed by atoms with Gasteiger partial charge in [0.05, 0.1) is 5.02 Å². The van der Waals surface area contributed by atoms with Gasteiger partial charge < -0.3 is 20.1 Å². The molecule has 0 saturated carbocycles. The van der Waals surface area contributed by atoms with Crippen LogP contribution in [0.25, 0.3) is 0 Å². The lowest BCUT2D eigenvalue weighted by Crippen LogP contribution is -2.51. The fourth-order valence-corrected chi connectivity index (χ4v) is 3.28. The number of carbonyl (C=O) groups is 1. The fourth-order valence-electron chi connectivity index (χ4n) is 3.01. The lowest BCUT2D eigenvalue weighted by Gasteiger charge is -2.38. The quantitative estimate of drug-likeness (QED) is 0.911. The SMILES string of the molecule is CC(N)C1CCCCN1C(=O)c1cc(Cl)c2c(c1)OCO2. The van der Waals surface area contributed by atoms with Crippen LogP contribution in [0.5, 0.6) is 11.5 Å². The molecule has 2 aliphatic heterocycles. The second-order valence-electron chi connectivity index (χ2n) is 5.61. The predicted molar refractivity (Wildman–Crippen MR) is 79.9 cm³/mol. The van der Waals surface area contributed by atoms with Gasteiger partial charge in [-0.2, -0.15) is 0 Å². The van der Waals surface area contributed by atoms with Crippen LogP contribution in [0.3, 0.4) is 0 Å². The smallest absolute Gasteiger partial charge is 0.254 e. The minimum atomic E-state index is -0.0443. The third-order valence-corrected chi connectivity index (χ3v) is 4.37. The van der Waals surface area contributed by atoms with Crippen LogP contribution in [0.4, 0.5) is 0 Å². The summed E-state index contributed by atoms with van der Waals surface area (Å²) in [4.78, 5) is 14.6. The number of halogens is 1. The Bertz CT molecular complexity index is 562. The van der Waals surface area contributed by atoms with Crippen LogP contribution in [0, 0.1) is 0 Å². The topological polar surface area (TPSA) is 64.8 Å². The van der Waals surface area contributed by atoms with Crippen LogP contribution in [-0.4, -0.2) is 36.2 Å². The van der Waals surface area contributed by atoms with Gasteiger partial charge in [-0.05, 0) is 38.3 Å². The van der Waals surface area contributed by atoms with Crippen molar-refractivity contribution in [3.63, 3.8) is 0 Å². The van der Waals surface area contributed by atoms with E-state index in [9.17, 15) is 4.79 Å². The number of amides is 1. The molecule has 2 atom stereocenters. The van der Waals surface area contributed by atoms with Gasteiger partial charge in [-0.25, -0.2) is 0 Å². The highest BCUT2D eigenvalue weighted by atomic mass is 35.5. The molecule has 114 valence electrons. The van der Waals surface area contributed by atoms with E-state index in [1.54, 1.807) is 12.1 Å². The van der Waals surface area contributed by atoms with Crippen LogP contribution < -0.4 is 15.2 Å². The maximum absolute atomic E-state index is 12.8. The molecule has 2 unspecified atom stereocenters. The van der Waals surface area contributed by atoms with Gasteiger partial charge in [0.2, 0.25) is 6.79 Å². The Kier molecular flexibility index (Phi) is 3.95. The zero-order chi connectivity index (χ0) is 15.0. The van der Waals surface area contributed by atoms with Gasteiger partial charge in [-0.15, -0.1) is 0 Å². The average Bonchev–Trinajstić information content (AvgIpc) is 2.95. The molecule has 0 bridgehead atoms. The summed E-state index contributed by atoms with van der Waals surface area (Å²) in [7, 11) is 0. The summed E-state index contributed by atoms with van der Waals surface area (Å²) in [6, 6.07) is 3.38. The first-order valence-electron chi connectivity index (χ1n) is 7.23. The van der Waals surface area contributed by atoms with Gasteiger partial charge in [-0.1, -0.05) is 11.6 Å². The zero-order valence-electron chi connectivity index (χ0n) is 12.0. The molecule has 2 heterocycles. The Morgan fingerprint density at radius 1 is 1.43 bits per heavy atom. The molecule has 1 saturated heterocycles. The molecule has 6 heteroatoms. The summed E-state index contributed by atoms with van der Waals surface area (Å²) in [5.41, 5.74) is 6.55. The summed E-state index contributed by atoms with van der Waals surface area (Å²) < 4.78 is 10.6. The van der Waals surface area contributed by atoms with Crippen molar-refractivity contribution >= 4 is 17.5 Å². The van der Waals surface area contributed by atoms with Gasteiger partial charge in [0.15, 0.2) is 11.5 Å². The van der Waals surface area contributed by atoms with Crippen molar-refractivity contribution in [2.24, 2.45) is 5.73 Å². The highest BCUT2D eigenvalue weighted by Crippen LogP contribution is 2.40. The first kappa shape index (κ1) is 14.5. The Balaban J connectivity index is 1.89. The molecule has 0 aromatic heterocycles. The van der Waals surface area contributed by atoms with Crippen LogP contribution in [0.1, 0.15) is 36.5 Å². The Hall–Kier alpha value is -1.46. The standard InChI is InChI=1S/C15H19ClN2O3/c1-9(17)12-4-2-3-5-18(12)15(19)10-6-11(16)14-13(7-10)20-8-21-14/h6-7,9,12H,2-5,8,17H2,1H3. The molecule has 0 aliphatic carbocycles. The van der Waals surface area contributed by atoms with E-state index in [-0.39, 0.29) is 24.8 Å². The molecule has 0 spiro atoms. The third kappa shape index (κ3) is 2.68. The van der Waals surface area contributed by atoms with E-state index in [1.807, 2.05) is 11.8 Å². The number of carbonyl (C=O) groups excluding carboxylic acids is 1. The number of hydrogen-bond donors (Lipinski definition) is 1. The van der Waals surface area contributed by atoms with Crippen LogP contribution >= 0.6 is 11.6 Å². The average molecular weight is 311 g/mol. The Morgan fingerprint density at radius 3 is 3.00 bits per heavy atom. The second kappa shape index (κ2) is 5.73. The maximum Gasteiger partial charge on any atom is 0.254 e. The molecule has 1 aromatic rings. The van der Waals surface area contributed by atoms with Crippen molar-refractivity contribution < 1.29 is 14.3 Å². The molecule has 21 heavy (non-hydrogen) atoms. The van der Waals surface area contributed by atoms with E-state index >= 15 is 0 Å². The number of likely N-dealkylation sites (tertiary alicyclic amines) is 1. The molecule has 1 fully saturated rings. The van der Waals surface area contributed by atoms with E-state index in [2.05, 4.69) is 0 Å². The van der Waals surface area contributed by atoms with Crippen molar-refractivity contribution in [3.05, 3.63) is 22.7 Å². The Morgan fingerprint density at radius 2 is 2.24 bits per heavy atom. The zero-order valence-corrected chi connectivity index (χ0v) is 12.7. The Labute approximate surface area is 128 Å². The number of nitrogens with zero attached hydrogens (tertiary/aromatic N) is 1. The van der Waals surface area contributed by atoms with E-state index in [0.717, 1.165) is 25.8 Å². The molecule has 3 rings (SSSR count). The number of benzene rings is 1. The number of hydrogen-bond acceptors (Lipinski definition) is 4. The largest absolute Gasteiger partial charge is 0.454 e. The first-order valence-corrected chi connectivity index (χ1v) is 7.61. The van der Waals surface area contributed by atoms with Gasteiger partial charge in [0.25, 0.3) is 5.91 Å². The molecule has 5 nitrogen and oxygen atoms in total. The van der Waals surface area contributed by atoms with E-state index in [1.165, 1.54) is 0 Å². The minimum Gasteiger partial charge on any atom is -0.454 e. The lowest BCUT2D eigenvalue weighted by atomic mass is 9.96. The summed E-state index contributed by atoms with van der Waals surface area (Å²) in [6.45, 7) is 2.82. The van der Waals surface area contributed by atoms with Gasteiger partial charge >= 0.3 is 0 Å². The van der Waals surface area contributed by atoms with Crippen molar-refractivity contribution in [1.29, 1.82) is 0 Å². The van der Waals surface area contributed by atoms with Gasteiger partial charge in [0, 0.05) is 24.2 Å². The minimum absolute atomic E-state index is 0.0428. The number of piperidine rings is 1. The molecular formula is C15H19ClN2O3. The maximum atomic E-state index is 12.8. The fraction of sp³-hybridized carbons (Fsp3) is 0.533. The highest BCUT2D eigenvalue weighted by Gasteiger charge is 2.31. The van der Waals surface area contributed by atoms with Crippen molar-refractivity contribution in [2.45, 2.75) is 38.3 Å². The van der Waals surface area contributed by atoms with Gasteiger partial charge in [0.1, 0.15) is 0 Å². The number of ether oxygens (including phenoxy) is 2. The molecule has 0 radical (unpaired) electrons. The van der Waals surface area contributed by atoms with Crippen molar-refractivity contribution in [3.8, 4) is 11.5 Å². The van der Waals surface area contributed by atoms with Crippen LogP contribution in [-0.2, 0) is 0 Å². The van der Waals surface area contributed by atoms with Crippen LogP contribution in [0.15, 0.2) is 12.1 Å². The summed E-state index contributed by atoms with van der Waals surface area (Å²) >= 11 is 6.16. The van der Waals surface area contributed by atoms with Crippen molar-refractivity contribution in [1.82, 2.24) is 4.90 Å². The van der Waals surface area contributed by atoms with Gasteiger partial charge in [-0.3, -0.25) is 4.79 Å². The monoisotopic (exact) mass is 310 g/mol. The third-order valence-electron chi connectivity index (χ3n) is 4.09. The first-order chi connectivity index (χ1) is 10.1. The summed E-state index contributed by atoms with van der Waals surface area (Å²) in [6.07, 6.45) is 3.06. The van der Waals surface area contributed by atoms with E-state index in [4.69, 9.17) is 26.8 Å². The number of nitrogens with two attached hydrogens (primary N) is 1. The molecule has 1 aromatic carbocycles. The molecular weight excluding hydrogens is 292 g/mol. The number of fused-ring (bicyclic) bond motifs is 1. The molecule has 2 N–H and O–H groups in total. The summed E-state index contributed by atoms with van der Waals surface area (Å²) in [5.74, 6) is 0.994. The lowest BCUT2D eigenvalue weighted by molar-refractivity contribution is 0.0583. The second-order valence-corrected chi connectivity index (χ2v) is 6.02. The molecule has 2 aliphatic rings. The van der Waals surface area contributed by atoms with Crippen molar-refractivity contribution in [2.75, 3.05) is 13.3 Å². The van der Waals surface area contributed by atoms with E-state index < -0.39 is 0 Å².